The van der Waals surface area contributed by atoms with Crippen LogP contribution in [0.3, 0.4) is 0 Å². The quantitative estimate of drug-likeness (QED) is 0.226. The van der Waals surface area contributed by atoms with Crippen molar-refractivity contribution in [2.45, 2.75) is 50.9 Å². The highest BCUT2D eigenvalue weighted by Crippen LogP contribution is 2.43. The van der Waals surface area contributed by atoms with Crippen LogP contribution in [0.5, 0.6) is 11.5 Å². The van der Waals surface area contributed by atoms with Gasteiger partial charge in [-0.1, -0.05) is 36.4 Å². The Morgan fingerprint density at radius 3 is 2.06 bits per heavy atom. The van der Waals surface area contributed by atoms with Gasteiger partial charge in [0.15, 0.2) is 11.6 Å². The van der Waals surface area contributed by atoms with Crippen LogP contribution in [0.15, 0.2) is 67.3 Å². The first kappa shape index (κ1) is 24.9. The van der Waals surface area contributed by atoms with Gasteiger partial charge in [-0.15, -0.1) is 6.58 Å². The van der Waals surface area contributed by atoms with E-state index in [4.69, 9.17) is 9.47 Å². The summed E-state index contributed by atoms with van der Waals surface area (Å²) in [5.41, 5.74) is 1.91. The smallest absolute Gasteiger partial charge is 0.166 e. The normalized spacial score (nSPS) is 17.7. The molecule has 184 valence electrons. The van der Waals surface area contributed by atoms with E-state index in [0.29, 0.717) is 60.7 Å². The molecule has 35 heavy (non-hydrogen) atoms. The number of hydrogen-bond donors (Lipinski definition) is 0. The van der Waals surface area contributed by atoms with Gasteiger partial charge in [-0.05, 0) is 85.8 Å². The fourth-order valence-electron chi connectivity index (χ4n) is 4.90. The maximum Gasteiger partial charge on any atom is 0.166 e. The van der Waals surface area contributed by atoms with Crippen LogP contribution in [0.2, 0.25) is 0 Å². The van der Waals surface area contributed by atoms with Crippen molar-refractivity contribution in [3.63, 3.8) is 0 Å². The third-order valence-electron chi connectivity index (χ3n) is 6.76. The zero-order valence-electron chi connectivity index (χ0n) is 20.0. The number of benzene rings is 3. The van der Waals surface area contributed by atoms with Gasteiger partial charge in [0.2, 0.25) is 0 Å². The fourth-order valence-corrected chi connectivity index (χ4v) is 4.90. The van der Waals surface area contributed by atoms with Crippen LogP contribution in [-0.4, -0.2) is 13.2 Å². The number of hydrogen-bond acceptors (Lipinski definition) is 2. The van der Waals surface area contributed by atoms with E-state index in [2.05, 4.69) is 6.58 Å². The molecule has 3 aromatic rings. The molecule has 2 nitrogen and oxygen atoms in total. The van der Waals surface area contributed by atoms with Gasteiger partial charge in [-0.3, -0.25) is 0 Å². The SMILES string of the molecule is C=CCCOc1ccc(C2CCC(c3ccc(-c4ccc(OCC)cc4)c(F)c3F)CC2)c(F)c1. The van der Waals surface area contributed by atoms with Gasteiger partial charge in [0.25, 0.3) is 0 Å². The number of rotatable bonds is 9. The Morgan fingerprint density at radius 1 is 0.800 bits per heavy atom. The van der Waals surface area contributed by atoms with Gasteiger partial charge in [0.05, 0.1) is 13.2 Å². The summed E-state index contributed by atoms with van der Waals surface area (Å²) >= 11 is 0. The van der Waals surface area contributed by atoms with Gasteiger partial charge < -0.3 is 9.47 Å². The molecule has 1 fully saturated rings. The maximum absolute atomic E-state index is 15.1. The Morgan fingerprint density at radius 2 is 1.43 bits per heavy atom. The van der Waals surface area contributed by atoms with E-state index in [0.717, 1.165) is 12.8 Å². The highest BCUT2D eigenvalue weighted by molar-refractivity contribution is 5.65. The summed E-state index contributed by atoms with van der Waals surface area (Å²) in [5.74, 6) is -0.714. The molecule has 1 aliphatic rings. The van der Waals surface area contributed by atoms with Gasteiger partial charge in [-0.25, -0.2) is 13.2 Å². The number of halogens is 3. The van der Waals surface area contributed by atoms with Crippen molar-refractivity contribution in [3.05, 3.63) is 95.8 Å². The van der Waals surface area contributed by atoms with Crippen molar-refractivity contribution in [2.75, 3.05) is 13.2 Å². The molecular weight excluding hydrogens is 449 g/mol. The third-order valence-corrected chi connectivity index (χ3v) is 6.76. The molecule has 0 bridgehead atoms. The first-order valence-corrected chi connectivity index (χ1v) is 12.3. The van der Waals surface area contributed by atoms with Crippen molar-refractivity contribution in [1.29, 1.82) is 0 Å². The average molecular weight is 481 g/mol. The maximum atomic E-state index is 15.1. The Hall–Kier alpha value is -3.21. The highest BCUT2D eigenvalue weighted by atomic mass is 19.2. The minimum atomic E-state index is -0.827. The predicted molar refractivity (Wildman–Crippen MR) is 134 cm³/mol. The molecular formula is C30H31F3O2. The van der Waals surface area contributed by atoms with Gasteiger partial charge in [0.1, 0.15) is 17.3 Å². The fraction of sp³-hybridized carbons (Fsp3) is 0.333. The molecule has 0 aromatic heterocycles. The zero-order valence-corrected chi connectivity index (χ0v) is 20.0. The van der Waals surface area contributed by atoms with Crippen LogP contribution < -0.4 is 9.47 Å². The average Bonchev–Trinajstić information content (AvgIpc) is 2.87. The van der Waals surface area contributed by atoms with Gasteiger partial charge >= 0.3 is 0 Å². The lowest BCUT2D eigenvalue weighted by Gasteiger charge is -2.30. The standard InChI is InChI=1S/C30H31F3O2/c1-3-5-18-35-24-14-15-25(28(31)19-24)20-6-8-21(9-7-20)26-16-17-27(30(33)29(26)32)22-10-12-23(13-11-22)34-4-2/h3,10-17,19-21H,1,4-9,18H2,2H3. The molecule has 1 aliphatic carbocycles. The lowest BCUT2D eigenvalue weighted by Crippen LogP contribution is -2.15. The first-order chi connectivity index (χ1) is 17.0. The van der Waals surface area contributed by atoms with Gasteiger partial charge in [0, 0.05) is 11.6 Å². The molecule has 0 spiro atoms. The van der Waals surface area contributed by atoms with Crippen molar-refractivity contribution < 1.29 is 22.6 Å². The van der Waals surface area contributed by atoms with Crippen molar-refractivity contribution >= 4 is 0 Å². The second-order valence-corrected chi connectivity index (χ2v) is 8.95. The predicted octanol–water partition coefficient (Wildman–Crippen LogP) is 8.57. The molecule has 0 atom stereocenters. The molecule has 4 rings (SSSR count). The summed E-state index contributed by atoms with van der Waals surface area (Å²) in [6, 6.07) is 15.3. The van der Waals surface area contributed by atoms with E-state index in [1.54, 1.807) is 54.6 Å². The molecule has 0 saturated heterocycles. The Kier molecular flexibility index (Phi) is 8.17. The summed E-state index contributed by atoms with van der Waals surface area (Å²) in [7, 11) is 0. The largest absolute Gasteiger partial charge is 0.494 e. The molecule has 0 aliphatic heterocycles. The molecule has 0 heterocycles. The van der Waals surface area contributed by atoms with Crippen LogP contribution in [0.1, 0.15) is 62.0 Å². The van der Waals surface area contributed by atoms with Crippen LogP contribution in [-0.2, 0) is 0 Å². The number of ether oxygens (including phenoxy) is 2. The van der Waals surface area contributed by atoms with Crippen molar-refractivity contribution in [3.8, 4) is 22.6 Å². The Bertz CT molecular complexity index is 1150. The monoisotopic (exact) mass is 480 g/mol. The Labute approximate surface area is 205 Å². The highest BCUT2D eigenvalue weighted by Gasteiger charge is 2.28. The van der Waals surface area contributed by atoms with E-state index in [-0.39, 0.29) is 23.2 Å². The molecule has 0 amide bonds. The van der Waals surface area contributed by atoms with E-state index >= 15 is 8.78 Å². The lowest BCUT2D eigenvalue weighted by molar-refractivity contribution is 0.322. The van der Waals surface area contributed by atoms with E-state index in [9.17, 15) is 4.39 Å². The molecule has 0 unspecified atom stereocenters. The summed E-state index contributed by atoms with van der Waals surface area (Å²) in [4.78, 5) is 0. The summed E-state index contributed by atoms with van der Waals surface area (Å²) < 4.78 is 55.8. The second-order valence-electron chi connectivity index (χ2n) is 8.95. The summed E-state index contributed by atoms with van der Waals surface area (Å²) in [6.45, 7) is 6.55. The van der Waals surface area contributed by atoms with Gasteiger partial charge in [-0.2, -0.15) is 0 Å². The first-order valence-electron chi connectivity index (χ1n) is 12.3. The zero-order chi connectivity index (χ0) is 24.8. The van der Waals surface area contributed by atoms with E-state index in [1.807, 2.05) is 6.92 Å². The van der Waals surface area contributed by atoms with Crippen LogP contribution in [0, 0.1) is 17.5 Å². The van der Waals surface area contributed by atoms with Crippen molar-refractivity contribution in [2.24, 2.45) is 0 Å². The topological polar surface area (TPSA) is 18.5 Å². The van der Waals surface area contributed by atoms with Crippen molar-refractivity contribution in [1.82, 2.24) is 0 Å². The lowest BCUT2D eigenvalue weighted by atomic mass is 9.75. The minimum absolute atomic E-state index is 0.0597. The summed E-state index contributed by atoms with van der Waals surface area (Å²) in [5, 5.41) is 0. The molecule has 1 saturated carbocycles. The van der Waals surface area contributed by atoms with E-state index < -0.39 is 11.6 Å². The molecule has 0 radical (unpaired) electrons. The van der Waals surface area contributed by atoms with Crippen LogP contribution >= 0.6 is 0 Å². The van der Waals surface area contributed by atoms with Crippen LogP contribution in [0.4, 0.5) is 13.2 Å². The molecule has 5 heteroatoms. The minimum Gasteiger partial charge on any atom is -0.494 e. The van der Waals surface area contributed by atoms with Crippen LogP contribution in [0.25, 0.3) is 11.1 Å². The molecule has 3 aromatic carbocycles. The Balaban J connectivity index is 1.43. The second kappa shape index (κ2) is 11.5. The molecule has 0 N–H and O–H groups in total. The van der Waals surface area contributed by atoms with E-state index in [1.165, 1.54) is 6.07 Å². The third kappa shape index (κ3) is 5.72. The summed E-state index contributed by atoms with van der Waals surface area (Å²) in [6.07, 6.45) is 5.26.